The third-order valence-corrected chi connectivity index (χ3v) is 2.66. The molecule has 0 saturated carbocycles. The van der Waals surface area contributed by atoms with Crippen molar-refractivity contribution in [3.8, 4) is 11.4 Å². The van der Waals surface area contributed by atoms with E-state index >= 15 is 0 Å². The summed E-state index contributed by atoms with van der Waals surface area (Å²) in [6.07, 6.45) is 1.04. The third-order valence-electron chi connectivity index (χ3n) is 2.33. The molecular formula is C11H12ClN3. The molecule has 0 radical (unpaired) electrons. The molecule has 15 heavy (non-hydrogen) atoms. The lowest BCUT2D eigenvalue weighted by Crippen LogP contribution is -1.89. The maximum Gasteiger partial charge on any atom is 0.221 e. The van der Waals surface area contributed by atoms with Gasteiger partial charge in [-0.1, -0.05) is 31.2 Å². The maximum atomic E-state index is 5.83. The molecule has 1 aromatic carbocycles. The molecule has 1 aromatic heterocycles. The molecule has 0 amide bonds. The number of hydrogen-bond donors (Lipinski definition) is 0. The summed E-state index contributed by atoms with van der Waals surface area (Å²) in [6.45, 7) is 2.13. The number of rotatable bonds is 2. The van der Waals surface area contributed by atoms with Crippen molar-refractivity contribution in [3.63, 3.8) is 0 Å². The van der Waals surface area contributed by atoms with Gasteiger partial charge in [-0.3, -0.25) is 0 Å². The molecule has 0 saturated heterocycles. The Balaban J connectivity index is 2.37. The molecule has 0 bridgehead atoms. The first-order valence-electron chi connectivity index (χ1n) is 4.86. The van der Waals surface area contributed by atoms with Crippen molar-refractivity contribution in [1.29, 1.82) is 0 Å². The Bertz CT molecular complexity index is 440. The van der Waals surface area contributed by atoms with E-state index in [1.807, 2.05) is 12.1 Å². The predicted molar refractivity (Wildman–Crippen MR) is 60.8 cm³/mol. The van der Waals surface area contributed by atoms with Crippen LogP contribution in [0.15, 0.2) is 24.3 Å². The van der Waals surface area contributed by atoms with Gasteiger partial charge in [-0.05, 0) is 23.6 Å². The molecule has 0 atom stereocenters. The highest BCUT2D eigenvalue weighted by atomic mass is 35.5. The fraction of sp³-hybridized carbons (Fsp3) is 0.273. The molecule has 3 nitrogen and oxygen atoms in total. The average molecular weight is 222 g/mol. The van der Waals surface area contributed by atoms with Crippen LogP contribution in [0, 0.1) is 0 Å². The summed E-state index contributed by atoms with van der Waals surface area (Å²) in [5.41, 5.74) is 2.30. The Morgan fingerprint density at radius 2 is 1.93 bits per heavy atom. The van der Waals surface area contributed by atoms with Gasteiger partial charge in [0.15, 0.2) is 5.82 Å². The summed E-state index contributed by atoms with van der Waals surface area (Å²) < 4.78 is 1.56. The Hall–Kier alpha value is -1.35. The molecule has 2 rings (SSSR count). The third kappa shape index (κ3) is 2.02. The van der Waals surface area contributed by atoms with E-state index in [1.54, 1.807) is 11.7 Å². The van der Waals surface area contributed by atoms with Crippen molar-refractivity contribution in [3.05, 3.63) is 35.1 Å². The Morgan fingerprint density at radius 3 is 2.40 bits per heavy atom. The van der Waals surface area contributed by atoms with Gasteiger partial charge in [0.1, 0.15) is 0 Å². The highest BCUT2D eigenvalue weighted by molar-refractivity contribution is 6.28. The molecule has 0 unspecified atom stereocenters. The lowest BCUT2D eigenvalue weighted by Gasteiger charge is -1.97. The summed E-state index contributed by atoms with van der Waals surface area (Å²) in [7, 11) is 1.78. The van der Waals surface area contributed by atoms with Gasteiger partial charge in [0, 0.05) is 12.6 Å². The van der Waals surface area contributed by atoms with Crippen LogP contribution < -0.4 is 0 Å². The summed E-state index contributed by atoms with van der Waals surface area (Å²) in [4.78, 5) is 4.15. The standard InChI is InChI=1S/C11H12ClN3/c1-3-8-4-6-9(7-5-8)10-13-11(12)15(2)14-10/h4-7H,3H2,1-2H3. The summed E-state index contributed by atoms with van der Waals surface area (Å²) >= 11 is 5.83. The molecule has 1 heterocycles. The molecule has 0 aliphatic heterocycles. The minimum atomic E-state index is 0.407. The zero-order valence-corrected chi connectivity index (χ0v) is 9.49. The van der Waals surface area contributed by atoms with Crippen LogP contribution in [0.25, 0.3) is 11.4 Å². The molecule has 4 heteroatoms. The first-order chi connectivity index (χ1) is 7.20. The van der Waals surface area contributed by atoms with Gasteiger partial charge in [0.05, 0.1) is 0 Å². The van der Waals surface area contributed by atoms with Crippen LogP contribution in [-0.2, 0) is 13.5 Å². The van der Waals surface area contributed by atoms with Crippen LogP contribution in [0.5, 0.6) is 0 Å². The fourth-order valence-electron chi connectivity index (χ4n) is 1.38. The lowest BCUT2D eigenvalue weighted by atomic mass is 10.1. The highest BCUT2D eigenvalue weighted by Crippen LogP contribution is 2.17. The average Bonchev–Trinajstić information content (AvgIpc) is 2.59. The topological polar surface area (TPSA) is 30.7 Å². The number of hydrogen-bond acceptors (Lipinski definition) is 2. The number of benzene rings is 1. The number of halogens is 1. The van der Waals surface area contributed by atoms with Crippen LogP contribution >= 0.6 is 11.6 Å². The van der Waals surface area contributed by atoms with Crippen molar-refractivity contribution in [2.45, 2.75) is 13.3 Å². The Morgan fingerprint density at radius 1 is 1.27 bits per heavy atom. The van der Waals surface area contributed by atoms with E-state index in [0.29, 0.717) is 11.1 Å². The monoisotopic (exact) mass is 221 g/mol. The Labute approximate surface area is 93.7 Å². The van der Waals surface area contributed by atoms with Crippen LogP contribution in [0.3, 0.4) is 0 Å². The fourth-order valence-corrected chi connectivity index (χ4v) is 1.50. The summed E-state index contributed by atoms with van der Waals surface area (Å²) in [5, 5.41) is 4.62. The van der Waals surface area contributed by atoms with Gasteiger partial charge in [-0.25, -0.2) is 4.68 Å². The van der Waals surface area contributed by atoms with E-state index in [2.05, 4.69) is 29.1 Å². The van der Waals surface area contributed by atoms with E-state index in [0.717, 1.165) is 12.0 Å². The van der Waals surface area contributed by atoms with Gasteiger partial charge < -0.3 is 0 Å². The molecule has 78 valence electrons. The number of aromatic nitrogens is 3. The minimum absolute atomic E-state index is 0.407. The van der Waals surface area contributed by atoms with Crippen molar-refractivity contribution >= 4 is 11.6 Å². The normalized spacial score (nSPS) is 10.6. The van der Waals surface area contributed by atoms with E-state index in [-0.39, 0.29) is 0 Å². The summed E-state index contributed by atoms with van der Waals surface area (Å²) in [5.74, 6) is 0.671. The molecule has 0 fully saturated rings. The van der Waals surface area contributed by atoms with Crippen molar-refractivity contribution < 1.29 is 0 Å². The minimum Gasteiger partial charge on any atom is -0.239 e. The summed E-state index contributed by atoms with van der Waals surface area (Å²) in [6, 6.07) is 8.20. The number of aryl methyl sites for hydroxylation is 2. The van der Waals surface area contributed by atoms with Crippen molar-refractivity contribution in [2.24, 2.45) is 7.05 Å². The van der Waals surface area contributed by atoms with Gasteiger partial charge in [0.25, 0.3) is 0 Å². The molecule has 0 aliphatic rings. The molecule has 0 spiro atoms. The SMILES string of the molecule is CCc1ccc(-c2nc(Cl)n(C)n2)cc1. The van der Waals surface area contributed by atoms with Crippen molar-refractivity contribution in [1.82, 2.24) is 14.8 Å². The molecular weight excluding hydrogens is 210 g/mol. The smallest absolute Gasteiger partial charge is 0.221 e. The van der Waals surface area contributed by atoms with Crippen molar-refractivity contribution in [2.75, 3.05) is 0 Å². The Kier molecular flexibility index (Phi) is 2.73. The predicted octanol–water partition coefficient (Wildman–Crippen LogP) is 2.70. The molecule has 2 aromatic rings. The van der Waals surface area contributed by atoms with Crippen LogP contribution in [0.4, 0.5) is 0 Å². The van der Waals surface area contributed by atoms with Crippen LogP contribution in [0.2, 0.25) is 5.28 Å². The van der Waals surface area contributed by atoms with Gasteiger partial charge in [0.2, 0.25) is 5.28 Å². The zero-order valence-electron chi connectivity index (χ0n) is 8.74. The van der Waals surface area contributed by atoms with Crippen LogP contribution in [-0.4, -0.2) is 14.8 Å². The second-order valence-electron chi connectivity index (χ2n) is 3.38. The lowest BCUT2D eigenvalue weighted by molar-refractivity contribution is 0.769. The second kappa shape index (κ2) is 4.03. The first-order valence-corrected chi connectivity index (χ1v) is 5.24. The molecule has 0 N–H and O–H groups in total. The zero-order chi connectivity index (χ0) is 10.8. The van der Waals surface area contributed by atoms with Gasteiger partial charge in [-0.15, -0.1) is 5.10 Å². The van der Waals surface area contributed by atoms with E-state index < -0.39 is 0 Å². The van der Waals surface area contributed by atoms with E-state index in [4.69, 9.17) is 11.6 Å². The maximum absolute atomic E-state index is 5.83. The quantitative estimate of drug-likeness (QED) is 0.781. The first kappa shape index (κ1) is 10.2. The largest absolute Gasteiger partial charge is 0.239 e. The van der Waals surface area contributed by atoms with E-state index in [1.165, 1.54) is 5.56 Å². The highest BCUT2D eigenvalue weighted by Gasteiger charge is 2.06. The van der Waals surface area contributed by atoms with Gasteiger partial charge >= 0.3 is 0 Å². The molecule has 0 aliphatic carbocycles. The second-order valence-corrected chi connectivity index (χ2v) is 3.72. The number of nitrogens with zero attached hydrogens (tertiary/aromatic N) is 3. The van der Waals surface area contributed by atoms with E-state index in [9.17, 15) is 0 Å². The van der Waals surface area contributed by atoms with Gasteiger partial charge in [-0.2, -0.15) is 4.98 Å². The van der Waals surface area contributed by atoms with Crippen LogP contribution in [0.1, 0.15) is 12.5 Å².